The molecule has 0 unspecified atom stereocenters. The van der Waals surface area contributed by atoms with Crippen molar-refractivity contribution in [3.63, 3.8) is 0 Å². The van der Waals surface area contributed by atoms with Crippen LogP contribution < -0.4 is 14.8 Å². The zero-order valence-electron chi connectivity index (χ0n) is 26.5. The van der Waals surface area contributed by atoms with Crippen LogP contribution in [-0.2, 0) is 26.5 Å². The molecule has 46 heavy (non-hydrogen) atoms. The highest BCUT2D eigenvalue weighted by Gasteiger charge is 2.51. The van der Waals surface area contributed by atoms with E-state index in [4.69, 9.17) is 18.9 Å². The maximum atomic E-state index is 14.5. The number of anilines is 1. The monoisotopic (exact) mass is 611 g/mol. The van der Waals surface area contributed by atoms with Gasteiger partial charge in [0.25, 0.3) is 0 Å². The van der Waals surface area contributed by atoms with Crippen LogP contribution in [-0.4, -0.2) is 27.3 Å². The predicted octanol–water partition coefficient (Wildman–Crippen LogP) is 8.76. The van der Waals surface area contributed by atoms with E-state index in [9.17, 15) is 4.79 Å². The molecule has 0 bridgehead atoms. The lowest BCUT2D eigenvalue weighted by Crippen LogP contribution is -2.48. The first kappa shape index (κ1) is 30.7. The molecule has 6 nitrogen and oxygen atoms in total. The van der Waals surface area contributed by atoms with E-state index in [-0.39, 0.29) is 6.61 Å². The lowest BCUT2D eigenvalue weighted by Gasteiger charge is -2.40. The summed E-state index contributed by atoms with van der Waals surface area (Å²) in [7, 11) is 4.65. The van der Waals surface area contributed by atoms with Crippen molar-refractivity contribution in [3.8, 4) is 11.5 Å². The highest BCUT2D eigenvalue weighted by atomic mass is 16.6. The summed E-state index contributed by atoms with van der Waals surface area (Å²) in [5, 5.41) is 7.97. The predicted molar refractivity (Wildman–Crippen MR) is 183 cm³/mol. The van der Waals surface area contributed by atoms with Crippen LogP contribution in [0.2, 0.25) is 0 Å². The highest BCUT2D eigenvalue weighted by molar-refractivity contribution is 6.02. The van der Waals surface area contributed by atoms with Gasteiger partial charge >= 0.3 is 5.97 Å². The Kier molecular flexibility index (Phi) is 8.90. The molecule has 1 N–H and O–H groups in total. The van der Waals surface area contributed by atoms with Crippen molar-refractivity contribution in [2.24, 2.45) is 0 Å². The van der Waals surface area contributed by atoms with Crippen molar-refractivity contribution in [2.45, 2.75) is 25.2 Å². The van der Waals surface area contributed by atoms with Crippen LogP contribution >= 0.6 is 0 Å². The molecule has 6 aromatic carbocycles. The maximum absolute atomic E-state index is 14.5. The van der Waals surface area contributed by atoms with Crippen molar-refractivity contribution in [3.05, 3.63) is 150 Å². The van der Waals surface area contributed by atoms with Gasteiger partial charge in [-0.25, -0.2) is 4.79 Å². The number of benzene rings is 6. The van der Waals surface area contributed by atoms with E-state index < -0.39 is 17.6 Å². The summed E-state index contributed by atoms with van der Waals surface area (Å²) >= 11 is 0. The molecule has 0 aliphatic carbocycles. The van der Waals surface area contributed by atoms with Crippen molar-refractivity contribution in [2.75, 3.05) is 26.6 Å². The molecule has 2 atom stereocenters. The van der Waals surface area contributed by atoms with E-state index in [1.54, 1.807) is 14.2 Å². The average Bonchev–Trinajstić information content (AvgIpc) is 3.11. The Balaban J connectivity index is 1.58. The summed E-state index contributed by atoms with van der Waals surface area (Å²) in [6.45, 7) is 2.17. The molecule has 6 heteroatoms. The molecule has 232 valence electrons. The van der Waals surface area contributed by atoms with E-state index in [1.165, 1.54) is 7.11 Å². The Bertz CT molecular complexity index is 1920. The lowest BCUT2D eigenvalue weighted by atomic mass is 9.81. The number of nitrogens with one attached hydrogen (secondary N) is 1. The number of rotatable bonds is 11. The van der Waals surface area contributed by atoms with Crippen molar-refractivity contribution in [1.82, 2.24) is 0 Å². The number of hydrogen-bond acceptors (Lipinski definition) is 6. The van der Waals surface area contributed by atoms with Crippen LogP contribution in [0.25, 0.3) is 21.5 Å². The van der Waals surface area contributed by atoms with E-state index in [2.05, 4.69) is 41.7 Å². The molecule has 0 saturated carbocycles. The van der Waals surface area contributed by atoms with E-state index in [0.29, 0.717) is 11.3 Å². The Morgan fingerprint density at radius 1 is 0.696 bits per heavy atom. The van der Waals surface area contributed by atoms with Gasteiger partial charge in [-0.2, -0.15) is 0 Å². The summed E-state index contributed by atoms with van der Waals surface area (Å²) < 4.78 is 23.7. The quantitative estimate of drug-likeness (QED) is 0.117. The second kappa shape index (κ2) is 13.3. The summed E-state index contributed by atoms with van der Waals surface area (Å²) in [5.74, 6) is 0.860. The number of carbonyl (C=O) groups is 1. The average molecular weight is 612 g/mol. The molecular weight excluding hydrogens is 574 g/mol. The zero-order valence-corrected chi connectivity index (χ0v) is 26.5. The van der Waals surface area contributed by atoms with Gasteiger partial charge in [-0.3, -0.25) is 0 Å². The fourth-order valence-electron chi connectivity index (χ4n) is 6.19. The molecular formula is C40H37NO5. The topological polar surface area (TPSA) is 66.0 Å². The Labute approximate surface area is 269 Å². The van der Waals surface area contributed by atoms with Crippen molar-refractivity contribution in [1.29, 1.82) is 0 Å². The van der Waals surface area contributed by atoms with Crippen LogP contribution in [0.4, 0.5) is 5.69 Å². The van der Waals surface area contributed by atoms with E-state index in [0.717, 1.165) is 49.7 Å². The highest BCUT2D eigenvalue weighted by Crippen LogP contribution is 2.44. The zero-order chi connectivity index (χ0) is 32.1. The van der Waals surface area contributed by atoms with Crippen molar-refractivity contribution < 1.29 is 23.7 Å². The van der Waals surface area contributed by atoms with Crippen LogP contribution in [0.3, 0.4) is 0 Å². The molecule has 0 radical (unpaired) electrons. The molecule has 0 aliphatic rings. The first-order valence-corrected chi connectivity index (χ1v) is 15.2. The number of fused-ring (bicyclic) bond motifs is 2. The largest absolute Gasteiger partial charge is 0.497 e. The number of hydrogen-bond donors (Lipinski definition) is 1. The number of aryl methyl sites for hydroxylation is 1. The summed E-state index contributed by atoms with van der Waals surface area (Å²) in [6, 6.07) is 41.1. The van der Waals surface area contributed by atoms with Gasteiger partial charge in [0.05, 0.1) is 34.0 Å². The Morgan fingerprint density at radius 2 is 1.28 bits per heavy atom. The van der Waals surface area contributed by atoms with Gasteiger partial charge in [-0.15, -0.1) is 0 Å². The SMILES string of the molecule is COC(=O)[C@](OCc1c2ccccc2cc2ccccc12)(c1ccc(OC)cc1)[C@@H](Nc1ccc(OC)cc1)c1cccc(C)c1. The third kappa shape index (κ3) is 5.87. The number of ether oxygens (including phenoxy) is 4. The van der Waals surface area contributed by atoms with Gasteiger partial charge in [0.2, 0.25) is 5.60 Å². The van der Waals surface area contributed by atoms with Gasteiger partial charge in [0.1, 0.15) is 11.5 Å². The van der Waals surface area contributed by atoms with Crippen LogP contribution in [0.1, 0.15) is 28.3 Å². The Hall–Kier alpha value is -5.33. The number of esters is 1. The van der Waals surface area contributed by atoms with Gasteiger partial charge in [-0.1, -0.05) is 90.5 Å². The maximum Gasteiger partial charge on any atom is 0.345 e. The molecule has 0 saturated heterocycles. The van der Waals surface area contributed by atoms with Gasteiger partial charge in [0.15, 0.2) is 0 Å². The minimum atomic E-state index is -1.63. The van der Waals surface area contributed by atoms with Crippen LogP contribution in [0.5, 0.6) is 11.5 Å². The minimum Gasteiger partial charge on any atom is -0.497 e. The van der Waals surface area contributed by atoms with Crippen molar-refractivity contribution >= 4 is 33.2 Å². The molecule has 6 rings (SSSR count). The number of carbonyl (C=O) groups excluding carboxylic acids is 1. The first-order chi connectivity index (χ1) is 22.5. The van der Waals surface area contributed by atoms with Crippen LogP contribution in [0, 0.1) is 6.92 Å². The first-order valence-electron chi connectivity index (χ1n) is 15.2. The minimum absolute atomic E-state index is 0.135. The van der Waals surface area contributed by atoms with Crippen LogP contribution in [0.15, 0.2) is 127 Å². The van der Waals surface area contributed by atoms with Gasteiger partial charge < -0.3 is 24.3 Å². The van der Waals surface area contributed by atoms with E-state index >= 15 is 0 Å². The molecule has 0 aliphatic heterocycles. The molecule has 0 fully saturated rings. The normalized spacial score (nSPS) is 13.1. The summed E-state index contributed by atoms with van der Waals surface area (Å²) in [6.07, 6.45) is 0. The van der Waals surface area contributed by atoms with Gasteiger partial charge in [0, 0.05) is 5.69 Å². The molecule has 0 aromatic heterocycles. The second-order valence-corrected chi connectivity index (χ2v) is 11.3. The van der Waals surface area contributed by atoms with Gasteiger partial charge in [-0.05, 0) is 87.6 Å². The molecule has 6 aromatic rings. The second-order valence-electron chi connectivity index (χ2n) is 11.3. The fraction of sp³-hybridized carbons (Fsp3) is 0.175. The molecule has 0 heterocycles. The van der Waals surface area contributed by atoms with E-state index in [1.807, 2.05) is 97.9 Å². The smallest absolute Gasteiger partial charge is 0.345 e. The lowest BCUT2D eigenvalue weighted by molar-refractivity contribution is -0.177. The summed E-state index contributed by atoms with van der Waals surface area (Å²) in [5.41, 5.74) is 2.67. The third-order valence-corrected chi connectivity index (χ3v) is 8.52. The number of methoxy groups -OCH3 is 3. The fourth-order valence-corrected chi connectivity index (χ4v) is 6.19. The molecule has 0 spiro atoms. The standard InChI is InChI=1S/C40H37NO5/c1-27-10-9-13-30(24-27)38(41-32-18-22-34(44-3)23-19-32)40(39(42)45-4,31-16-20-33(43-2)21-17-31)46-26-37-35-14-7-5-11-28(35)25-29-12-6-8-15-36(29)37/h5-25,38,41H,26H2,1-4H3/t38-,40-/m0/s1. The Morgan fingerprint density at radius 3 is 1.85 bits per heavy atom. The summed E-state index contributed by atoms with van der Waals surface area (Å²) in [4.78, 5) is 14.5. The molecule has 0 amide bonds. The third-order valence-electron chi connectivity index (χ3n) is 8.52.